The zero-order valence-corrected chi connectivity index (χ0v) is 10.8. The molecule has 0 saturated heterocycles. The molecule has 96 valence electrons. The smallest absolute Gasteiger partial charge is 0.295 e. The van der Waals surface area contributed by atoms with Crippen molar-refractivity contribution in [2.75, 3.05) is 5.32 Å². The average molecular weight is 248 g/mol. The highest BCUT2D eigenvalue weighted by molar-refractivity contribution is 6.02. The van der Waals surface area contributed by atoms with E-state index < -0.39 is 0 Å². The summed E-state index contributed by atoms with van der Waals surface area (Å²) in [5.41, 5.74) is 2.22. The van der Waals surface area contributed by atoms with Gasteiger partial charge in [0, 0.05) is 5.92 Å². The summed E-state index contributed by atoms with van der Waals surface area (Å²) in [5.74, 6) is 0.696. The molecule has 0 unspecified atom stereocenters. The van der Waals surface area contributed by atoms with Crippen LogP contribution >= 0.6 is 0 Å². The quantitative estimate of drug-likeness (QED) is 0.766. The van der Waals surface area contributed by atoms with E-state index in [0.717, 1.165) is 11.4 Å². The topological polar surface area (TPSA) is 99.4 Å². The van der Waals surface area contributed by atoms with E-state index >= 15 is 0 Å². The van der Waals surface area contributed by atoms with Crippen molar-refractivity contribution in [2.24, 2.45) is 0 Å². The fourth-order valence-corrected chi connectivity index (χ4v) is 1.54. The van der Waals surface area contributed by atoms with Crippen molar-refractivity contribution in [1.82, 2.24) is 25.4 Å². The first-order valence-electron chi connectivity index (χ1n) is 5.74. The lowest BCUT2D eigenvalue weighted by molar-refractivity contribution is 0.101. The maximum absolute atomic E-state index is 12.0. The Hall–Kier alpha value is -2.18. The molecule has 0 aliphatic carbocycles. The molecule has 1 amide bonds. The lowest BCUT2D eigenvalue weighted by Gasteiger charge is -2.01. The summed E-state index contributed by atoms with van der Waals surface area (Å²) in [5, 5.41) is 16.2. The van der Waals surface area contributed by atoms with Crippen LogP contribution < -0.4 is 5.32 Å². The van der Waals surface area contributed by atoms with Crippen LogP contribution in [-0.2, 0) is 0 Å². The standard InChI is InChI=1S/C11H16N6O/c1-5(2)9-13-10(17-16-9)11(18)12-8-6(3)14-15-7(8)4/h5H,1-4H3,(H,12,18)(H,14,15)(H,13,16,17). The van der Waals surface area contributed by atoms with Crippen molar-refractivity contribution < 1.29 is 4.79 Å². The molecule has 2 heterocycles. The number of H-pyrrole nitrogens is 2. The van der Waals surface area contributed by atoms with Crippen LogP contribution in [0.15, 0.2) is 0 Å². The summed E-state index contributed by atoms with van der Waals surface area (Å²) in [4.78, 5) is 16.1. The largest absolute Gasteiger partial charge is 0.316 e. The summed E-state index contributed by atoms with van der Waals surface area (Å²) in [6.45, 7) is 7.61. The van der Waals surface area contributed by atoms with Crippen molar-refractivity contribution in [3.8, 4) is 0 Å². The number of amides is 1. The number of hydrogen-bond donors (Lipinski definition) is 3. The van der Waals surface area contributed by atoms with Crippen molar-refractivity contribution in [3.63, 3.8) is 0 Å². The molecule has 2 rings (SSSR count). The Balaban J connectivity index is 2.17. The Morgan fingerprint density at radius 1 is 1.22 bits per heavy atom. The van der Waals surface area contributed by atoms with Crippen LogP contribution in [-0.4, -0.2) is 31.3 Å². The predicted molar refractivity (Wildman–Crippen MR) is 66.5 cm³/mol. The number of nitrogens with zero attached hydrogens (tertiary/aromatic N) is 3. The SMILES string of the molecule is Cc1n[nH]c(C)c1NC(=O)c1n[nH]c(C(C)C)n1. The second-order valence-corrected chi connectivity index (χ2v) is 4.46. The molecule has 18 heavy (non-hydrogen) atoms. The van der Waals surface area contributed by atoms with Gasteiger partial charge < -0.3 is 5.32 Å². The summed E-state index contributed by atoms with van der Waals surface area (Å²) in [6, 6.07) is 0. The second kappa shape index (κ2) is 4.59. The third kappa shape index (κ3) is 2.24. The van der Waals surface area contributed by atoms with Gasteiger partial charge in [-0.15, -0.1) is 5.10 Å². The normalized spacial score (nSPS) is 10.9. The lowest BCUT2D eigenvalue weighted by Crippen LogP contribution is -2.14. The number of aromatic nitrogens is 5. The van der Waals surface area contributed by atoms with E-state index in [0.29, 0.717) is 11.5 Å². The van der Waals surface area contributed by atoms with E-state index in [9.17, 15) is 4.79 Å². The number of hydrogen-bond acceptors (Lipinski definition) is 4. The number of rotatable bonds is 3. The molecular formula is C11H16N6O. The summed E-state index contributed by atoms with van der Waals surface area (Å²) in [7, 11) is 0. The van der Waals surface area contributed by atoms with E-state index in [2.05, 4.69) is 30.7 Å². The van der Waals surface area contributed by atoms with Crippen molar-refractivity contribution in [1.29, 1.82) is 0 Å². The molecule has 0 spiro atoms. The second-order valence-electron chi connectivity index (χ2n) is 4.46. The maximum atomic E-state index is 12.0. The first-order valence-corrected chi connectivity index (χ1v) is 5.74. The third-order valence-electron chi connectivity index (χ3n) is 2.62. The van der Waals surface area contributed by atoms with Gasteiger partial charge in [0.15, 0.2) is 0 Å². The van der Waals surface area contributed by atoms with Crippen LogP contribution in [0, 0.1) is 13.8 Å². The van der Waals surface area contributed by atoms with Gasteiger partial charge in [-0.2, -0.15) is 5.10 Å². The molecule has 7 nitrogen and oxygen atoms in total. The van der Waals surface area contributed by atoms with Crippen molar-refractivity contribution >= 4 is 11.6 Å². The average Bonchev–Trinajstić information content (AvgIpc) is 2.91. The fraction of sp³-hybridized carbons (Fsp3) is 0.455. The Morgan fingerprint density at radius 2 is 1.94 bits per heavy atom. The van der Waals surface area contributed by atoms with Crippen molar-refractivity contribution in [3.05, 3.63) is 23.0 Å². The molecule has 0 aliphatic rings. The number of anilines is 1. The van der Waals surface area contributed by atoms with Gasteiger partial charge in [-0.05, 0) is 13.8 Å². The molecule has 0 atom stereocenters. The lowest BCUT2D eigenvalue weighted by atomic mass is 10.2. The predicted octanol–water partition coefficient (Wildman–Crippen LogP) is 1.52. The summed E-state index contributed by atoms with van der Waals surface area (Å²) < 4.78 is 0. The molecular weight excluding hydrogens is 232 g/mol. The Labute approximate surface area is 104 Å². The molecule has 2 aromatic heterocycles. The van der Waals surface area contributed by atoms with Gasteiger partial charge in [0.1, 0.15) is 5.82 Å². The van der Waals surface area contributed by atoms with E-state index in [1.165, 1.54) is 0 Å². The third-order valence-corrected chi connectivity index (χ3v) is 2.62. The first kappa shape index (κ1) is 12.3. The zero-order chi connectivity index (χ0) is 13.3. The highest BCUT2D eigenvalue weighted by atomic mass is 16.2. The number of aromatic amines is 2. The minimum absolute atomic E-state index is 0.138. The molecule has 0 fully saturated rings. The number of carbonyl (C=O) groups is 1. The minimum Gasteiger partial charge on any atom is -0.316 e. The van der Waals surface area contributed by atoms with E-state index in [4.69, 9.17) is 0 Å². The fourth-order valence-electron chi connectivity index (χ4n) is 1.54. The van der Waals surface area contributed by atoms with Gasteiger partial charge in [-0.1, -0.05) is 13.8 Å². The number of aryl methyl sites for hydroxylation is 2. The molecule has 2 aromatic rings. The van der Waals surface area contributed by atoms with Gasteiger partial charge in [0.05, 0.1) is 17.1 Å². The van der Waals surface area contributed by atoms with Gasteiger partial charge >= 0.3 is 0 Å². The summed E-state index contributed by atoms with van der Waals surface area (Å²) >= 11 is 0. The molecule has 3 N–H and O–H groups in total. The van der Waals surface area contributed by atoms with Crippen LogP contribution in [0.5, 0.6) is 0 Å². The number of nitrogens with one attached hydrogen (secondary N) is 3. The van der Waals surface area contributed by atoms with Gasteiger partial charge in [-0.25, -0.2) is 4.98 Å². The minimum atomic E-state index is -0.342. The zero-order valence-electron chi connectivity index (χ0n) is 10.8. The Morgan fingerprint density at radius 3 is 2.44 bits per heavy atom. The summed E-state index contributed by atoms with van der Waals surface area (Å²) in [6.07, 6.45) is 0. The van der Waals surface area contributed by atoms with E-state index in [1.807, 2.05) is 27.7 Å². The molecule has 0 radical (unpaired) electrons. The van der Waals surface area contributed by atoms with E-state index in [1.54, 1.807) is 0 Å². The molecule has 0 saturated carbocycles. The van der Waals surface area contributed by atoms with Gasteiger partial charge in [0.2, 0.25) is 5.82 Å². The number of carbonyl (C=O) groups excluding carboxylic acids is 1. The van der Waals surface area contributed by atoms with Crippen LogP contribution in [0.1, 0.15) is 47.6 Å². The maximum Gasteiger partial charge on any atom is 0.295 e. The van der Waals surface area contributed by atoms with Gasteiger partial charge in [-0.3, -0.25) is 15.0 Å². The molecule has 0 aromatic carbocycles. The van der Waals surface area contributed by atoms with Crippen LogP contribution in [0.4, 0.5) is 5.69 Å². The molecule has 0 bridgehead atoms. The van der Waals surface area contributed by atoms with Crippen molar-refractivity contribution in [2.45, 2.75) is 33.6 Å². The van der Waals surface area contributed by atoms with Crippen LogP contribution in [0.2, 0.25) is 0 Å². The highest BCUT2D eigenvalue weighted by Crippen LogP contribution is 2.16. The molecule has 0 aliphatic heterocycles. The monoisotopic (exact) mass is 248 g/mol. The van der Waals surface area contributed by atoms with Crippen LogP contribution in [0.3, 0.4) is 0 Å². The first-order chi connectivity index (χ1) is 8.49. The Bertz CT molecular complexity index is 548. The molecule has 7 heteroatoms. The van der Waals surface area contributed by atoms with Crippen LogP contribution in [0.25, 0.3) is 0 Å². The van der Waals surface area contributed by atoms with E-state index in [-0.39, 0.29) is 17.6 Å². The Kier molecular flexibility index (Phi) is 3.14. The van der Waals surface area contributed by atoms with Gasteiger partial charge in [0.25, 0.3) is 5.91 Å². The highest BCUT2D eigenvalue weighted by Gasteiger charge is 2.16.